The van der Waals surface area contributed by atoms with E-state index in [0.29, 0.717) is 17.9 Å². The Balaban J connectivity index is 1.92. The maximum atomic E-state index is 10.0. The second kappa shape index (κ2) is 5.59. The molecule has 1 atom stereocenters. The molecule has 2 aromatic rings. The van der Waals surface area contributed by atoms with Crippen molar-refractivity contribution >= 4 is 11.6 Å². The smallest absolute Gasteiger partial charge is 0.103 e. The van der Waals surface area contributed by atoms with E-state index in [0.717, 1.165) is 23.6 Å². The highest BCUT2D eigenvalue weighted by molar-refractivity contribution is 6.31. The summed E-state index contributed by atoms with van der Waals surface area (Å²) >= 11 is 6.14. The number of aliphatic hydroxyl groups is 1. The second-order valence-electron chi connectivity index (χ2n) is 4.45. The number of rotatable bonds is 5. The molecule has 0 aliphatic heterocycles. The monoisotopic (exact) mass is 268 g/mol. The van der Waals surface area contributed by atoms with Crippen LogP contribution >= 0.6 is 11.6 Å². The number of hydrogen-bond acceptors (Lipinski definition) is 3. The molecule has 4 nitrogen and oxygen atoms in total. The van der Waals surface area contributed by atoms with Crippen molar-refractivity contribution in [2.45, 2.75) is 32.3 Å². The van der Waals surface area contributed by atoms with Crippen molar-refractivity contribution in [3.05, 3.63) is 40.6 Å². The van der Waals surface area contributed by atoms with Crippen LogP contribution in [0.25, 0.3) is 0 Å². The fourth-order valence-electron chi connectivity index (χ4n) is 1.99. The van der Waals surface area contributed by atoms with E-state index in [-0.39, 0.29) is 0 Å². The Morgan fingerprint density at radius 3 is 2.89 bits per heavy atom. The van der Waals surface area contributed by atoms with Crippen LogP contribution in [0, 0.1) is 6.92 Å². The highest BCUT2D eigenvalue weighted by Crippen LogP contribution is 2.21. The van der Waals surface area contributed by atoms with E-state index < -0.39 is 6.10 Å². The first-order valence-electron chi connectivity index (χ1n) is 5.96. The fourth-order valence-corrected chi connectivity index (χ4v) is 2.23. The van der Waals surface area contributed by atoms with Crippen LogP contribution in [-0.2, 0) is 19.9 Å². The Kier molecular flexibility index (Phi) is 4.09. The molecule has 18 heavy (non-hydrogen) atoms. The van der Waals surface area contributed by atoms with E-state index in [1.54, 1.807) is 10.9 Å². The van der Waals surface area contributed by atoms with Crippen LogP contribution in [0.4, 0.5) is 0 Å². The third-order valence-corrected chi connectivity index (χ3v) is 3.49. The average Bonchev–Trinajstić information content (AvgIpc) is 2.92. The van der Waals surface area contributed by atoms with Gasteiger partial charge >= 0.3 is 0 Å². The maximum absolute atomic E-state index is 10.0. The molecule has 0 aliphatic rings. The quantitative estimate of drug-likeness (QED) is 0.907. The molecule has 1 N–H and O–H groups in total. The van der Waals surface area contributed by atoms with E-state index in [1.807, 2.05) is 26.1 Å². The molecule has 0 amide bonds. The predicted octanol–water partition coefficient (Wildman–Crippen LogP) is 2.51. The van der Waals surface area contributed by atoms with E-state index in [1.165, 1.54) is 0 Å². The number of hydrogen-bond donors (Lipinski definition) is 1. The van der Waals surface area contributed by atoms with Gasteiger partial charge < -0.3 is 9.52 Å². The van der Waals surface area contributed by atoms with Gasteiger partial charge in [-0.3, -0.25) is 4.68 Å². The van der Waals surface area contributed by atoms with Crippen LogP contribution in [0.2, 0.25) is 5.02 Å². The van der Waals surface area contributed by atoms with Gasteiger partial charge in [0.2, 0.25) is 0 Å². The van der Waals surface area contributed by atoms with Gasteiger partial charge in [-0.05, 0) is 25.5 Å². The first-order valence-corrected chi connectivity index (χ1v) is 6.34. The topological polar surface area (TPSA) is 51.2 Å². The Hall–Kier alpha value is -1.26. The highest BCUT2D eigenvalue weighted by atomic mass is 35.5. The van der Waals surface area contributed by atoms with Crippen molar-refractivity contribution in [1.82, 2.24) is 9.78 Å². The lowest BCUT2D eigenvalue weighted by atomic mass is 10.1. The van der Waals surface area contributed by atoms with Gasteiger partial charge in [-0.1, -0.05) is 11.6 Å². The molecule has 2 aromatic heterocycles. The third kappa shape index (κ3) is 2.94. The SMILES string of the molecule is Cc1nn(C)c(CC(O)CCc2ccco2)c1Cl. The Bertz CT molecular complexity index is 505. The Morgan fingerprint density at radius 1 is 1.56 bits per heavy atom. The molecule has 0 saturated carbocycles. The van der Waals surface area contributed by atoms with Gasteiger partial charge in [0.1, 0.15) is 5.76 Å². The van der Waals surface area contributed by atoms with E-state index in [9.17, 15) is 5.11 Å². The zero-order chi connectivity index (χ0) is 13.1. The van der Waals surface area contributed by atoms with Crippen molar-refractivity contribution in [2.24, 2.45) is 7.05 Å². The molecule has 0 spiro atoms. The molecule has 0 radical (unpaired) electrons. The van der Waals surface area contributed by atoms with Gasteiger partial charge in [0, 0.05) is 19.9 Å². The standard InChI is InChI=1S/C13H17ClN2O2/c1-9-13(14)12(16(2)15-9)8-10(17)5-6-11-4-3-7-18-11/h3-4,7,10,17H,5-6,8H2,1-2H3. The Morgan fingerprint density at radius 2 is 2.33 bits per heavy atom. The van der Waals surface area contributed by atoms with Gasteiger partial charge in [-0.2, -0.15) is 5.10 Å². The fraction of sp³-hybridized carbons (Fsp3) is 0.462. The Labute approximate surface area is 111 Å². The molecule has 0 aromatic carbocycles. The molecule has 2 heterocycles. The number of aryl methyl sites for hydroxylation is 3. The summed E-state index contributed by atoms with van der Waals surface area (Å²) in [6.45, 7) is 1.86. The molecule has 0 saturated heterocycles. The number of aromatic nitrogens is 2. The van der Waals surface area contributed by atoms with Crippen molar-refractivity contribution in [3.8, 4) is 0 Å². The second-order valence-corrected chi connectivity index (χ2v) is 4.82. The summed E-state index contributed by atoms with van der Waals surface area (Å²) in [5.74, 6) is 0.890. The van der Waals surface area contributed by atoms with Crippen LogP contribution in [0.15, 0.2) is 22.8 Å². The molecule has 0 bridgehead atoms. The van der Waals surface area contributed by atoms with Crippen molar-refractivity contribution in [1.29, 1.82) is 0 Å². The van der Waals surface area contributed by atoms with Crippen molar-refractivity contribution in [2.75, 3.05) is 0 Å². The van der Waals surface area contributed by atoms with Gasteiger partial charge in [-0.15, -0.1) is 0 Å². The van der Waals surface area contributed by atoms with Crippen LogP contribution in [0.5, 0.6) is 0 Å². The van der Waals surface area contributed by atoms with Gasteiger partial charge in [0.25, 0.3) is 0 Å². The summed E-state index contributed by atoms with van der Waals surface area (Å²) in [7, 11) is 1.84. The van der Waals surface area contributed by atoms with Gasteiger partial charge in [-0.25, -0.2) is 0 Å². The summed E-state index contributed by atoms with van der Waals surface area (Å²) in [6.07, 6.45) is 3.08. The van der Waals surface area contributed by atoms with E-state index in [2.05, 4.69) is 5.10 Å². The lowest BCUT2D eigenvalue weighted by molar-refractivity contribution is 0.160. The first kappa shape index (κ1) is 13.2. The zero-order valence-electron chi connectivity index (χ0n) is 10.6. The predicted molar refractivity (Wildman–Crippen MR) is 69.7 cm³/mol. The lowest BCUT2D eigenvalue weighted by Gasteiger charge is -2.10. The summed E-state index contributed by atoms with van der Waals surface area (Å²) in [5.41, 5.74) is 1.67. The maximum Gasteiger partial charge on any atom is 0.103 e. The van der Waals surface area contributed by atoms with Crippen LogP contribution < -0.4 is 0 Å². The molecular formula is C13H17ClN2O2. The van der Waals surface area contributed by atoms with E-state index in [4.69, 9.17) is 16.0 Å². The van der Waals surface area contributed by atoms with Crippen LogP contribution in [0.1, 0.15) is 23.6 Å². The minimum atomic E-state index is -0.442. The molecule has 0 fully saturated rings. The van der Waals surface area contributed by atoms with E-state index >= 15 is 0 Å². The van der Waals surface area contributed by atoms with Gasteiger partial charge in [0.05, 0.1) is 28.8 Å². The average molecular weight is 269 g/mol. The van der Waals surface area contributed by atoms with Crippen LogP contribution in [-0.4, -0.2) is 21.0 Å². The van der Waals surface area contributed by atoms with Crippen molar-refractivity contribution in [3.63, 3.8) is 0 Å². The minimum absolute atomic E-state index is 0.442. The van der Waals surface area contributed by atoms with Crippen molar-refractivity contribution < 1.29 is 9.52 Å². The molecule has 98 valence electrons. The number of aliphatic hydroxyl groups excluding tert-OH is 1. The molecular weight excluding hydrogens is 252 g/mol. The lowest BCUT2D eigenvalue weighted by Crippen LogP contribution is -2.14. The summed E-state index contributed by atoms with van der Waals surface area (Å²) < 4.78 is 6.96. The summed E-state index contributed by atoms with van der Waals surface area (Å²) in [6, 6.07) is 3.76. The molecule has 5 heteroatoms. The van der Waals surface area contributed by atoms with Gasteiger partial charge in [0.15, 0.2) is 0 Å². The summed E-state index contributed by atoms with van der Waals surface area (Å²) in [4.78, 5) is 0. The number of halogens is 1. The third-order valence-electron chi connectivity index (χ3n) is 2.99. The minimum Gasteiger partial charge on any atom is -0.469 e. The molecule has 0 aliphatic carbocycles. The normalized spacial score (nSPS) is 12.9. The molecule has 2 rings (SSSR count). The molecule has 1 unspecified atom stereocenters. The zero-order valence-corrected chi connectivity index (χ0v) is 11.3. The highest BCUT2D eigenvalue weighted by Gasteiger charge is 2.15. The number of nitrogens with zero attached hydrogens (tertiary/aromatic N) is 2. The van der Waals surface area contributed by atoms with Crippen LogP contribution in [0.3, 0.4) is 0 Å². The summed E-state index contributed by atoms with van der Waals surface area (Å²) in [5, 5.41) is 14.9. The largest absolute Gasteiger partial charge is 0.469 e. The number of furan rings is 1. The first-order chi connectivity index (χ1) is 8.58.